The third-order valence-corrected chi connectivity index (χ3v) is 7.66. The Morgan fingerprint density at radius 2 is 2.05 bits per heavy atom. The summed E-state index contributed by atoms with van der Waals surface area (Å²) >= 11 is 5.87. The molecule has 0 radical (unpaired) electrons. The topological polar surface area (TPSA) is 89.7 Å². The highest BCUT2D eigenvalue weighted by molar-refractivity contribution is 6.30. The molecule has 202 valence electrons. The molecule has 1 fully saturated rings. The molecule has 39 heavy (non-hydrogen) atoms. The Morgan fingerprint density at radius 3 is 2.79 bits per heavy atom. The van der Waals surface area contributed by atoms with Crippen molar-refractivity contribution in [3.05, 3.63) is 87.1 Å². The molecular formula is C29H28ClFN4O4. The van der Waals surface area contributed by atoms with E-state index in [0.717, 1.165) is 48.7 Å². The monoisotopic (exact) mass is 550 g/mol. The predicted molar refractivity (Wildman–Crippen MR) is 144 cm³/mol. The van der Waals surface area contributed by atoms with Gasteiger partial charge in [0.05, 0.1) is 19.2 Å². The first-order valence-corrected chi connectivity index (χ1v) is 13.3. The number of hydrogen-bond donors (Lipinski definition) is 1. The number of carboxylic acid groups (broad SMARTS) is 1. The summed E-state index contributed by atoms with van der Waals surface area (Å²) in [5.74, 6) is 0.112. The van der Waals surface area contributed by atoms with Crippen molar-refractivity contribution in [3.63, 3.8) is 0 Å². The average molecular weight is 551 g/mol. The lowest BCUT2D eigenvalue weighted by molar-refractivity contribution is -0.0592. The van der Waals surface area contributed by atoms with Crippen LogP contribution in [0, 0.1) is 12.7 Å². The molecule has 1 atom stereocenters. The van der Waals surface area contributed by atoms with Gasteiger partial charge in [0.15, 0.2) is 11.3 Å². The number of pyridine rings is 1. The minimum Gasteiger partial charge on any atom is -0.489 e. The SMILES string of the molecule is Cc1cc2c(cc1OCc1ccc(Cl)cc1F)CN(Cc1nc3ccc(C(=O)O)nc3n1C[C@@H]1CCO1)CC2. The van der Waals surface area contributed by atoms with Crippen LogP contribution in [0.1, 0.15) is 45.0 Å². The van der Waals surface area contributed by atoms with E-state index in [9.17, 15) is 14.3 Å². The molecule has 2 aliphatic heterocycles. The van der Waals surface area contributed by atoms with Crippen molar-refractivity contribution in [2.45, 2.75) is 52.1 Å². The van der Waals surface area contributed by atoms with E-state index >= 15 is 0 Å². The Morgan fingerprint density at radius 1 is 1.21 bits per heavy atom. The minimum atomic E-state index is -1.06. The maximum absolute atomic E-state index is 14.2. The number of benzene rings is 2. The summed E-state index contributed by atoms with van der Waals surface area (Å²) in [5.41, 5.74) is 5.14. The summed E-state index contributed by atoms with van der Waals surface area (Å²) in [4.78, 5) is 23.1. The normalized spacial score (nSPS) is 17.2. The number of rotatable bonds is 8. The highest BCUT2D eigenvalue weighted by Crippen LogP contribution is 2.30. The highest BCUT2D eigenvalue weighted by Gasteiger charge is 2.25. The molecule has 0 unspecified atom stereocenters. The molecule has 0 bridgehead atoms. The zero-order valence-corrected chi connectivity index (χ0v) is 22.2. The molecule has 10 heteroatoms. The average Bonchev–Trinajstić information content (AvgIpc) is 3.21. The fourth-order valence-corrected chi connectivity index (χ4v) is 5.32. The van der Waals surface area contributed by atoms with Crippen molar-refractivity contribution in [1.29, 1.82) is 0 Å². The first-order valence-electron chi connectivity index (χ1n) is 13.0. The van der Waals surface area contributed by atoms with Crippen LogP contribution in [-0.2, 0) is 37.4 Å². The minimum absolute atomic E-state index is 0.00184. The number of halogens is 2. The van der Waals surface area contributed by atoms with Gasteiger partial charge in [0.1, 0.15) is 29.5 Å². The number of aryl methyl sites for hydroxylation is 1. The van der Waals surface area contributed by atoms with Gasteiger partial charge in [0.25, 0.3) is 0 Å². The number of nitrogens with zero attached hydrogens (tertiary/aromatic N) is 4. The largest absolute Gasteiger partial charge is 0.489 e. The van der Waals surface area contributed by atoms with Gasteiger partial charge in [-0.3, -0.25) is 4.90 Å². The van der Waals surface area contributed by atoms with Gasteiger partial charge in [-0.25, -0.2) is 19.2 Å². The van der Waals surface area contributed by atoms with E-state index in [1.165, 1.54) is 17.7 Å². The number of fused-ring (bicyclic) bond motifs is 2. The Kier molecular flexibility index (Phi) is 6.97. The number of aromatic nitrogens is 3. The van der Waals surface area contributed by atoms with Gasteiger partial charge in [-0.05, 0) is 66.8 Å². The molecule has 1 saturated heterocycles. The molecule has 0 aliphatic carbocycles. The molecular weight excluding hydrogens is 523 g/mol. The summed E-state index contributed by atoms with van der Waals surface area (Å²) in [5, 5.41) is 9.80. The zero-order valence-electron chi connectivity index (χ0n) is 21.5. The van der Waals surface area contributed by atoms with Crippen LogP contribution in [0.3, 0.4) is 0 Å². The Labute approximate surface area is 229 Å². The molecule has 0 amide bonds. The van der Waals surface area contributed by atoms with Crippen LogP contribution in [0.25, 0.3) is 11.2 Å². The van der Waals surface area contributed by atoms with Crippen molar-refractivity contribution >= 4 is 28.7 Å². The van der Waals surface area contributed by atoms with Crippen LogP contribution >= 0.6 is 11.6 Å². The predicted octanol–water partition coefficient (Wildman–Crippen LogP) is 5.16. The number of carbonyl (C=O) groups is 1. The molecule has 6 rings (SSSR count). The van der Waals surface area contributed by atoms with Gasteiger partial charge in [-0.2, -0.15) is 0 Å². The zero-order chi connectivity index (χ0) is 27.1. The first kappa shape index (κ1) is 25.7. The third kappa shape index (κ3) is 5.34. The maximum atomic E-state index is 14.2. The first-order chi connectivity index (χ1) is 18.8. The molecule has 0 saturated carbocycles. The van der Waals surface area contributed by atoms with Crippen molar-refractivity contribution in [1.82, 2.24) is 19.4 Å². The number of carboxylic acids is 1. The van der Waals surface area contributed by atoms with Gasteiger partial charge < -0.3 is 19.1 Å². The fraction of sp³-hybridized carbons (Fsp3) is 0.345. The van der Waals surface area contributed by atoms with Gasteiger partial charge >= 0.3 is 5.97 Å². The third-order valence-electron chi connectivity index (χ3n) is 7.42. The number of ether oxygens (including phenoxy) is 2. The van der Waals surface area contributed by atoms with Crippen LogP contribution in [-0.4, -0.2) is 49.8 Å². The Balaban J connectivity index is 1.22. The molecule has 2 aromatic heterocycles. The summed E-state index contributed by atoms with van der Waals surface area (Å²) in [6, 6.07) is 12.0. The lowest BCUT2D eigenvalue weighted by Gasteiger charge is -2.31. The summed E-state index contributed by atoms with van der Waals surface area (Å²) < 4.78 is 27.9. The molecule has 1 N–H and O–H groups in total. The second-order valence-electron chi connectivity index (χ2n) is 10.1. The molecule has 4 heterocycles. The van der Waals surface area contributed by atoms with Crippen molar-refractivity contribution in [2.75, 3.05) is 13.2 Å². The highest BCUT2D eigenvalue weighted by atomic mass is 35.5. The second-order valence-corrected chi connectivity index (χ2v) is 10.6. The van der Waals surface area contributed by atoms with E-state index < -0.39 is 5.97 Å². The molecule has 2 aliphatic rings. The van der Waals surface area contributed by atoms with E-state index in [1.807, 2.05) is 11.5 Å². The molecule has 0 spiro atoms. The van der Waals surface area contributed by atoms with Crippen molar-refractivity contribution in [2.24, 2.45) is 0 Å². The lowest BCUT2D eigenvalue weighted by Crippen LogP contribution is -2.34. The van der Waals surface area contributed by atoms with Crippen molar-refractivity contribution < 1.29 is 23.8 Å². The standard InChI is InChI=1S/C29H28ClFN4O4/c1-17-10-18-6-8-34(13-20(18)11-26(17)39-16-19-2-3-21(30)12-23(19)31)15-27-32-24-4-5-25(29(36)37)33-28(24)35(27)14-22-7-9-38-22/h2-5,10-12,22H,6-9,13-16H2,1H3,(H,36,37)/t22-/m0/s1. The van der Waals surface area contributed by atoms with Gasteiger partial charge in [0.2, 0.25) is 0 Å². The Bertz CT molecular complexity index is 1570. The smallest absolute Gasteiger partial charge is 0.354 e. The van der Waals surface area contributed by atoms with E-state index in [4.69, 9.17) is 26.1 Å². The van der Waals surface area contributed by atoms with E-state index in [-0.39, 0.29) is 24.2 Å². The Hall–Kier alpha value is -3.53. The van der Waals surface area contributed by atoms with Crippen LogP contribution in [0.5, 0.6) is 5.75 Å². The van der Waals surface area contributed by atoms with Crippen LogP contribution < -0.4 is 4.74 Å². The second kappa shape index (κ2) is 10.6. The van der Waals surface area contributed by atoms with E-state index in [0.29, 0.717) is 41.4 Å². The summed E-state index contributed by atoms with van der Waals surface area (Å²) in [7, 11) is 0. The summed E-state index contributed by atoms with van der Waals surface area (Å²) in [6.45, 7) is 5.60. The number of aromatic carboxylic acids is 1. The lowest BCUT2D eigenvalue weighted by atomic mass is 9.97. The quantitative estimate of drug-likeness (QED) is 0.324. The van der Waals surface area contributed by atoms with Gasteiger partial charge in [-0.15, -0.1) is 0 Å². The summed E-state index contributed by atoms with van der Waals surface area (Å²) in [6.07, 6.45) is 1.92. The van der Waals surface area contributed by atoms with Crippen LogP contribution in [0.4, 0.5) is 4.39 Å². The molecule has 2 aromatic carbocycles. The van der Waals surface area contributed by atoms with Crippen molar-refractivity contribution in [3.8, 4) is 5.75 Å². The number of hydrogen-bond acceptors (Lipinski definition) is 6. The molecule has 4 aromatic rings. The fourth-order valence-electron chi connectivity index (χ4n) is 5.17. The number of imidazole rings is 1. The van der Waals surface area contributed by atoms with Crippen LogP contribution in [0.15, 0.2) is 42.5 Å². The van der Waals surface area contributed by atoms with Crippen LogP contribution in [0.2, 0.25) is 5.02 Å². The van der Waals surface area contributed by atoms with Gasteiger partial charge in [-0.1, -0.05) is 23.7 Å². The molecule has 8 nitrogen and oxygen atoms in total. The van der Waals surface area contributed by atoms with E-state index in [1.54, 1.807) is 18.2 Å². The van der Waals surface area contributed by atoms with E-state index in [2.05, 4.69) is 22.0 Å². The maximum Gasteiger partial charge on any atom is 0.354 e. The van der Waals surface area contributed by atoms with Gasteiger partial charge in [0, 0.05) is 30.3 Å².